The maximum atomic E-state index is 11.8. The SMILES string of the molecule is CCC(NC(=O)CCCCCCN)c1nccs1. The fraction of sp³-hybridized carbons (Fsp3) is 0.692. The van der Waals surface area contributed by atoms with E-state index >= 15 is 0 Å². The summed E-state index contributed by atoms with van der Waals surface area (Å²) in [6.07, 6.45) is 7.46. The van der Waals surface area contributed by atoms with Crippen LogP contribution >= 0.6 is 11.3 Å². The van der Waals surface area contributed by atoms with Crippen molar-refractivity contribution >= 4 is 17.2 Å². The van der Waals surface area contributed by atoms with E-state index in [-0.39, 0.29) is 11.9 Å². The molecule has 1 rings (SSSR count). The van der Waals surface area contributed by atoms with Crippen LogP contribution in [0.15, 0.2) is 11.6 Å². The van der Waals surface area contributed by atoms with E-state index in [2.05, 4.69) is 17.2 Å². The summed E-state index contributed by atoms with van der Waals surface area (Å²) >= 11 is 1.59. The van der Waals surface area contributed by atoms with Crippen LogP contribution in [0.3, 0.4) is 0 Å². The van der Waals surface area contributed by atoms with Gasteiger partial charge < -0.3 is 11.1 Å². The van der Waals surface area contributed by atoms with Crippen LogP contribution in [0, 0.1) is 0 Å². The lowest BCUT2D eigenvalue weighted by Gasteiger charge is -2.14. The second-order valence-corrected chi connectivity index (χ2v) is 5.28. The van der Waals surface area contributed by atoms with E-state index in [1.54, 1.807) is 17.5 Å². The van der Waals surface area contributed by atoms with Gasteiger partial charge in [0.05, 0.1) is 6.04 Å². The van der Waals surface area contributed by atoms with Crippen LogP contribution in [-0.4, -0.2) is 17.4 Å². The van der Waals surface area contributed by atoms with Crippen LogP contribution in [-0.2, 0) is 4.79 Å². The molecule has 0 saturated heterocycles. The summed E-state index contributed by atoms with van der Waals surface area (Å²) in [6.45, 7) is 2.81. The van der Waals surface area contributed by atoms with E-state index in [0.717, 1.165) is 43.7 Å². The molecule has 0 bridgehead atoms. The Labute approximate surface area is 113 Å². The molecule has 0 spiro atoms. The Morgan fingerprint density at radius 2 is 2.22 bits per heavy atom. The number of carbonyl (C=O) groups excluding carboxylic acids is 1. The minimum atomic E-state index is 0.0709. The van der Waals surface area contributed by atoms with Crippen molar-refractivity contribution in [1.29, 1.82) is 0 Å². The summed E-state index contributed by atoms with van der Waals surface area (Å²) in [7, 11) is 0. The van der Waals surface area contributed by atoms with Gasteiger partial charge in [-0.1, -0.05) is 19.8 Å². The molecule has 102 valence electrons. The highest BCUT2D eigenvalue weighted by molar-refractivity contribution is 7.09. The number of nitrogens with one attached hydrogen (secondary N) is 1. The molecule has 3 N–H and O–H groups in total. The summed E-state index contributed by atoms with van der Waals surface area (Å²) < 4.78 is 0. The normalized spacial score (nSPS) is 12.3. The number of hydrogen-bond donors (Lipinski definition) is 2. The van der Waals surface area contributed by atoms with Gasteiger partial charge in [0.15, 0.2) is 0 Å². The lowest BCUT2D eigenvalue weighted by molar-refractivity contribution is -0.122. The average molecular weight is 269 g/mol. The van der Waals surface area contributed by atoms with Crippen molar-refractivity contribution in [2.75, 3.05) is 6.54 Å². The lowest BCUT2D eigenvalue weighted by atomic mass is 10.1. The largest absolute Gasteiger partial charge is 0.347 e. The van der Waals surface area contributed by atoms with E-state index in [1.807, 2.05) is 5.38 Å². The maximum Gasteiger partial charge on any atom is 0.220 e. The fourth-order valence-electron chi connectivity index (χ4n) is 1.79. The van der Waals surface area contributed by atoms with Crippen molar-refractivity contribution in [2.24, 2.45) is 5.73 Å². The highest BCUT2D eigenvalue weighted by Gasteiger charge is 2.14. The van der Waals surface area contributed by atoms with E-state index in [0.29, 0.717) is 6.42 Å². The molecule has 1 atom stereocenters. The highest BCUT2D eigenvalue weighted by Crippen LogP contribution is 2.18. The number of unbranched alkanes of at least 4 members (excludes halogenated alkanes) is 3. The van der Waals surface area contributed by atoms with Crippen molar-refractivity contribution in [3.63, 3.8) is 0 Å². The van der Waals surface area contributed by atoms with Crippen molar-refractivity contribution < 1.29 is 4.79 Å². The first kappa shape index (κ1) is 15.1. The van der Waals surface area contributed by atoms with Gasteiger partial charge in [0.2, 0.25) is 5.91 Å². The van der Waals surface area contributed by atoms with Crippen molar-refractivity contribution in [3.05, 3.63) is 16.6 Å². The second kappa shape index (κ2) is 9.05. The Kier molecular flexibility index (Phi) is 7.60. The summed E-state index contributed by atoms with van der Waals surface area (Å²) in [5.74, 6) is 0.129. The van der Waals surface area contributed by atoms with Gasteiger partial charge in [0.1, 0.15) is 5.01 Å². The quantitative estimate of drug-likeness (QED) is 0.677. The van der Waals surface area contributed by atoms with Gasteiger partial charge in [-0.15, -0.1) is 11.3 Å². The van der Waals surface area contributed by atoms with Gasteiger partial charge in [-0.3, -0.25) is 4.79 Å². The van der Waals surface area contributed by atoms with E-state index < -0.39 is 0 Å². The van der Waals surface area contributed by atoms with Gasteiger partial charge in [0.25, 0.3) is 0 Å². The zero-order valence-electron chi connectivity index (χ0n) is 11.0. The molecule has 1 amide bonds. The minimum Gasteiger partial charge on any atom is -0.347 e. The molecule has 0 aliphatic carbocycles. The number of hydrogen-bond acceptors (Lipinski definition) is 4. The molecule has 1 aromatic heterocycles. The third kappa shape index (κ3) is 5.60. The van der Waals surface area contributed by atoms with Crippen LogP contribution in [0.1, 0.15) is 56.5 Å². The molecule has 0 aliphatic rings. The maximum absolute atomic E-state index is 11.8. The fourth-order valence-corrected chi connectivity index (χ4v) is 2.57. The predicted molar refractivity (Wildman–Crippen MR) is 75.4 cm³/mol. The molecule has 0 aliphatic heterocycles. The van der Waals surface area contributed by atoms with Gasteiger partial charge in [0, 0.05) is 18.0 Å². The number of carbonyl (C=O) groups is 1. The van der Waals surface area contributed by atoms with Crippen molar-refractivity contribution in [2.45, 2.75) is 51.5 Å². The molecule has 4 nitrogen and oxygen atoms in total. The zero-order chi connectivity index (χ0) is 13.2. The third-order valence-corrected chi connectivity index (χ3v) is 3.74. The van der Waals surface area contributed by atoms with E-state index in [4.69, 9.17) is 5.73 Å². The monoisotopic (exact) mass is 269 g/mol. The summed E-state index contributed by atoms with van der Waals surface area (Å²) in [5.41, 5.74) is 5.42. The molecule has 18 heavy (non-hydrogen) atoms. The molecule has 0 fully saturated rings. The Balaban J connectivity index is 2.22. The van der Waals surface area contributed by atoms with Gasteiger partial charge in [-0.05, 0) is 25.8 Å². The summed E-state index contributed by atoms with van der Waals surface area (Å²) in [6, 6.07) is 0.0709. The zero-order valence-corrected chi connectivity index (χ0v) is 11.8. The van der Waals surface area contributed by atoms with E-state index in [1.165, 1.54) is 0 Å². The molecule has 0 radical (unpaired) electrons. The molecule has 1 heterocycles. The summed E-state index contributed by atoms with van der Waals surface area (Å²) in [4.78, 5) is 16.0. The van der Waals surface area contributed by atoms with Crippen LogP contribution < -0.4 is 11.1 Å². The number of amides is 1. The first-order chi connectivity index (χ1) is 8.77. The van der Waals surface area contributed by atoms with E-state index in [9.17, 15) is 4.79 Å². The average Bonchev–Trinajstić information content (AvgIpc) is 2.89. The first-order valence-corrected chi connectivity index (χ1v) is 7.54. The Bertz CT molecular complexity index is 327. The number of nitrogens with two attached hydrogens (primary N) is 1. The molecular weight excluding hydrogens is 246 g/mol. The standard InChI is InChI=1S/C13H23N3OS/c1-2-11(13-15-9-10-18-13)16-12(17)7-5-3-4-6-8-14/h9-11H,2-8,14H2,1H3,(H,16,17). The number of nitrogens with zero attached hydrogens (tertiary/aromatic N) is 1. The second-order valence-electron chi connectivity index (χ2n) is 4.35. The number of thiazole rings is 1. The highest BCUT2D eigenvalue weighted by atomic mass is 32.1. The van der Waals surface area contributed by atoms with Crippen molar-refractivity contribution in [3.8, 4) is 0 Å². The Morgan fingerprint density at radius 1 is 1.44 bits per heavy atom. The topological polar surface area (TPSA) is 68.0 Å². The molecule has 1 aromatic rings. The summed E-state index contributed by atoms with van der Waals surface area (Å²) in [5, 5.41) is 5.98. The van der Waals surface area contributed by atoms with Gasteiger partial charge >= 0.3 is 0 Å². The first-order valence-electron chi connectivity index (χ1n) is 6.66. The van der Waals surface area contributed by atoms with Gasteiger partial charge in [-0.25, -0.2) is 4.98 Å². The Hall–Kier alpha value is -0.940. The van der Waals surface area contributed by atoms with Crippen LogP contribution in [0.2, 0.25) is 0 Å². The molecule has 1 unspecified atom stereocenters. The van der Waals surface area contributed by atoms with Crippen molar-refractivity contribution in [1.82, 2.24) is 10.3 Å². The van der Waals surface area contributed by atoms with Crippen LogP contribution in [0.5, 0.6) is 0 Å². The lowest BCUT2D eigenvalue weighted by Crippen LogP contribution is -2.27. The Morgan fingerprint density at radius 3 is 2.83 bits per heavy atom. The predicted octanol–water partition coefficient (Wildman–Crippen LogP) is 2.62. The van der Waals surface area contributed by atoms with Crippen LogP contribution in [0.4, 0.5) is 0 Å². The molecule has 0 saturated carbocycles. The molecule has 5 heteroatoms. The van der Waals surface area contributed by atoms with Crippen LogP contribution in [0.25, 0.3) is 0 Å². The third-order valence-electron chi connectivity index (χ3n) is 2.85. The minimum absolute atomic E-state index is 0.0709. The van der Waals surface area contributed by atoms with Gasteiger partial charge in [-0.2, -0.15) is 0 Å². The molecule has 0 aromatic carbocycles. The molecular formula is C13H23N3OS. The number of aromatic nitrogens is 1. The number of rotatable bonds is 9. The smallest absolute Gasteiger partial charge is 0.220 e.